The Balaban J connectivity index is 2.15. The van der Waals surface area contributed by atoms with E-state index in [1.807, 2.05) is 0 Å². The summed E-state index contributed by atoms with van der Waals surface area (Å²) < 4.78 is 0. The fraction of sp³-hybridized carbons (Fsp3) is 0.667. The van der Waals surface area contributed by atoms with E-state index in [0.29, 0.717) is 11.5 Å². The Morgan fingerprint density at radius 2 is 1.84 bits per heavy atom. The molecule has 1 heteroatoms. The maximum absolute atomic E-state index is 3.59. The second-order valence-corrected chi connectivity index (χ2v) is 7.08. The van der Waals surface area contributed by atoms with Gasteiger partial charge in [0.1, 0.15) is 0 Å². The maximum Gasteiger partial charge on any atom is 0.0138 e. The highest BCUT2D eigenvalue weighted by molar-refractivity contribution is 5.29. The molecular formula is C18H29N. The van der Waals surface area contributed by atoms with Gasteiger partial charge in [0, 0.05) is 6.04 Å². The van der Waals surface area contributed by atoms with Crippen LogP contribution in [-0.4, -0.2) is 13.1 Å². The SMILES string of the molecule is CNC(Cc1cc(C)cc(C)c1)C1CCCC1(C)C. The molecule has 0 bridgehead atoms. The molecule has 0 saturated heterocycles. The normalized spacial score (nSPS) is 23.5. The summed E-state index contributed by atoms with van der Waals surface area (Å²) in [7, 11) is 2.13. The van der Waals surface area contributed by atoms with Crippen molar-refractivity contribution in [3.8, 4) is 0 Å². The van der Waals surface area contributed by atoms with Crippen LogP contribution in [0.15, 0.2) is 18.2 Å². The fourth-order valence-electron chi connectivity index (χ4n) is 3.99. The maximum atomic E-state index is 3.59. The molecule has 0 radical (unpaired) electrons. The monoisotopic (exact) mass is 259 g/mol. The standard InChI is InChI=1S/C18H29N/c1-13-9-14(2)11-15(10-13)12-17(19-5)16-7-6-8-18(16,3)4/h9-11,16-17,19H,6-8,12H2,1-5H3. The Morgan fingerprint density at radius 1 is 1.21 bits per heavy atom. The molecule has 0 spiro atoms. The summed E-state index contributed by atoms with van der Waals surface area (Å²) in [5.74, 6) is 0.804. The van der Waals surface area contributed by atoms with Gasteiger partial charge < -0.3 is 5.32 Å². The van der Waals surface area contributed by atoms with Crippen molar-refractivity contribution < 1.29 is 0 Å². The van der Waals surface area contributed by atoms with E-state index in [4.69, 9.17) is 0 Å². The Morgan fingerprint density at radius 3 is 2.32 bits per heavy atom. The van der Waals surface area contributed by atoms with Crippen molar-refractivity contribution in [2.75, 3.05) is 7.05 Å². The minimum atomic E-state index is 0.493. The van der Waals surface area contributed by atoms with Gasteiger partial charge in [-0.25, -0.2) is 0 Å². The van der Waals surface area contributed by atoms with Crippen molar-refractivity contribution >= 4 is 0 Å². The Bertz CT molecular complexity index is 413. The van der Waals surface area contributed by atoms with E-state index in [-0.39, 0.29) is 0 Å². The summed E-state index contributed by atoms with van der Waals surface area (Å²) >= 11 is 0. The lowest BCUT2D eigenvalue weighted by molar-refractivity contribution is 0.201. The van der Waals surface area contributed by atoms with Crippen LogP contribution in [0.2, 0.25) is 0 Å². The third-order valence-corrected chi connectivity index (χ3v) is 4.93. The van der Waals surface area contributed by atoms with Crippen LogP contribution in [0.1, 0.15) is 49.8 Å². The summed E-state index contributed by atoms with van der Waals surface area (Å²) in [4.78, 5) is 0. The van der Waals surface area contributed by atoms with Gasteiger partial charge in [-0.2, -0.15) is 0 Å². The highest BCUT2D eigenvalue weighted by atomic mass is 14.9. The number of nitrogens with one attached hydrogen (secondary N) is 1. The average Bonchev–Trinajstić information content (AvgIpc) is 2.64. The van der Waals surface area contributed by atoms with Crippen LogP contribution in [0.25, 0.3) is 0 Å². The van der Waals surface area contributed by atoms with Gasteiger partial charge in [0.15, 0.2) is 0 Å². The van der Waals surface area contributed by atoms with Gasteiger partial charge >= 0.3 is 0 Å². The van der Waals surface area contributed by atoms with E-state index >= 15 is 0 Å². The molecule has 1 aromatic carbocycles. The Labute approximate surface area is 118 Å². The first kappa shape index (κ1) is 14.6. The summed E-state index contributed by atoms with van der Waals surface area (Å²) in [5.41, 5.74) is 4.75. The number of hydrogen-bond acceptors (Lipinski definition) is 1. The molecule has 19 heavy (non-hydrogen) atoms. The first-order chi connectivity index (χ1) is 8.92. The second kappa shape index (κ2) is 5.66. The molecule has 0 heterocycles. The van der Waals surface area contributed by atoms with Crippen LogP contribution < -0.4 is 5.32 Å². The molecule has 0 aromatic heterocycles. The molecule has 1 aromatic rings. The topological polar surface area (TPSA) is 12.0 Å². The smallest absolute Gasteiger partial charge is 0.0138 e. The van der Waals surface area contributed by atoms with Crippen LogP contribution in [0.5, 0.6) is 0 Å². The summed E-state index contributed by atoms with van der Waals surface area (Å²) in [5, 5.41) is 3.59. The lowest BCUT2D eigenvalue weighted by Crippen LogP contribution is -2.40. The first-order valence-electron chi connectivity index (χ1n) is 7.67. The summed E-state index contributed by atoms with van der Waals surface area (Å²) in [6.45, 7) is 9.28. The molecular weight excluding hydrogens is 230 g/mol. The Hall–Kier alpha value is -0.820. The van der Waals surface area contributed by atoms with Crippen LogP contribution >= 0.6 is 0 Å². The van der Waals surface area contributed by atoms with E-state index in [2.05, 4.69) is 58.3 Å². The van der Waals surface area contributed by atoms with Crippen molar-refractivity contribution in [3.63, 3.8) is 0 Å². The average molecular weight is 259 g/mol. The largest absolute Gasteiger partial charge is 0.316 e. The van der Waals surface area contributed by atoms with Crippen LogP contribution in [-0.2, 0) is 6.42 Å². The third kappa shape index (κ3) is 3.39. The van der Waals surface area contributed by atoms with E-state index in [0.717, 1.165) is 12.3 Å². The van der Waals surface area contributed by atoms with E-state index in [9.17, 15) is 0 Å². The number of aryl methyl sites for hydroxylation is 2. The molecule has 1 saturated carbocycles. The van der Waals surface area contributed by atoms with Crippen molar-refractivity contribution in [1.29, 1.82) is 0 Å². The molecule has 0 amide bonds. The molecule has 1 fully saturated rings. The van der Waals surface area contributed by atoms with Crippen molar-refractivity contribution in [1.82, 2.24) is 5.32 Å². The molecule has 2 unspecified atom stereocenters. The zero-order valence-electron chi connectivity index (χ0n) is 13.2. The first-order valence-corrected chi connectivity index (χ1v) is 7.67. The number of likely N-dealkylation sites (N-methyl/N-ethyl adjacent to an activating group) is 1. The van der Waals surface area contributed by atoms with Gasteiger partial charge in [0.2, 0.25) is 0 Å². The lowest BCUT2D eigenvalue weighted by Gasteiger charge is -2.34. The van der Waals surface area contributed by atoms with Gasteiger partial charge in [-0.1, -0.05) is 49.6 Å². The second-order valence-electron chi connectivity index (χ2n) is 7.08. The molecule has 0 aliphatic heterocycles. The number of benzene rings is 1. The van der Waals surface area contributed by atoms with Gasteiger partial charge in [0.25, 0.3) is 0 Å². The van der Waals surface area contributed by atoms with Gasteiger partial charge in [-0.05, 0) is 57.1 Å². The van der Waals surface area contributed by atoms with Crippen molar-refractivity contribution in [2.45, 2.75) is 59.4 Å². The molecule has 2 rings (SSSR count). The van der Waals surface area contributed by atoms with Gasteiger partial charge in [-0.3, -0.25) is 0 Å². The third-order valence-electron chi connectivity index (χ3n) is 4.93. The molecule has 1 N–H and O–H groups in total. The van der Waals surface area contributed by atoms with Crippen LogP contribution in [0.4, 0.5) is 0 Å². The molecule has 106 valence electrons. The summed E-state index contributed by atoms with van der Waals surface area (Å²) in [6.07, 6.45) is 5.31. The van der Waals surface area contributed by atoms with Crippen LogP contribution in [0, 0.1) is 25.2 Å². The highest BCUT2D eigenvalue weighted by Gasteiger charge is 2.38. The minimum absolute atomic E-state index is 0.493. The number of rotatable bonds is 4. The minimum Gasteiger partial charge on any atom is -0.316 e. The van der Waals surface area contributed by atoms with E-state index in [1.165, 1.54) is 36.0 Å². The molecule has 1 aliphatic carbocycles. The predicted octanol–water partition coefficient (Wildman–Crippen LogP) is 4.26. The molecule has 1 aliphatic rings. The van der Waals surface area contributed by atoms with Crippen LogP contribution in [0.3, 0.4) is 0 Å². The zero-order chi connectivity index (χ0) is 14.0. The predicted molar refractivity (Wildman–Crippen MR) is 83.6 cm³/mol. The lowest BCUT2D eigenvalue weighted by atomic mass is 9.76. The molecule has 2 atom stereocenters. The van der Waals surface area contributed by atoms with Gasteiger partial charge in [-0.15, -0.1) is 0 Å². The summed E-state index contributed by atoms with van der Waals surface area (Å²) in [6, 6.07) is 7.56. The van der Waals surface area contributed by atoms with Gasteiger partial charge in [0.05, 0.1) is 0 Å². The van der Waals surface area contributed by atoms with Crippen molar-refractivity contribution in [2.24, 2.45) is 11.3 Å². The Kier molecular flexibility index (Phi) is 4.35. The highest BCUT2D eigenvalue weighted by Crippen LogP contribution is 2.44. The zero-order valence-corrected chi connectivity index (χ0v) is 13.2. The van der Waals surface area contributed by atoms with E-state index in [1.54, 1.807) is 0 Å². The van der Waals surface area contributed by atoms with E-state index < -0.39 is 0 Å². The van der Waals surface area contributed by atoms with Crippen molar-refractivity contribution in [3.05, 3.63) is 34.9 Å². The molecule has 1 nitrogen and oxygen atoms in total. The number of hydrogen-bond donors (Lipinski definition) is 1. The quantitative estimate of drug-likeness (QED) is 0.852. The fourth-order valence-corrected chi connectivity index (χ4v) is 3.99.